The maximum atomic E-state index is 11.6. The summed E-state index contributed by atoms with van der Waals surface area (Å²) in [5.41, 5.74) is 5.40. The van der Waals surface area contributed by atoms with Gasteiger partial charge in [0.05, 0.1) is 0 Å². The van der Waals surface area contributed by atoms with Crippen molar-refractivity contribution in [3.63, 3.8) is 0 Å². The topological polar surface area (TPSA) is 92.9 Å². The Kier molecular flexibility index (Phi) is 4.47. The fourth-order valence-corrected chi connectivity index (χ4v) is 1.47. The summed E-state index contributed by atoms with van der Waals surface area (Å²) in [6.45, 7) is 8.14. The number of nitrogens with one attached hydrogen (secondary N) is 2. The van der Waals surface area contributed by atoms with Crippen LogP contribution in [0, 0.1) is 6.92 Å². The van der Waals surface area contributed by atoms with Crippen molar-refractivity contribution in [2.75, 3.05) is 17.6 Å². The van der Waals surface area contributed by atoms with Gasteiger partial charge in [-0.3, -0.25) is 4.79 Å². The molecule has 0 aliphatic heterocycles. The summed E-state index contributed by atoms with van der Waals surface area (Å²) >= 11 is 0. The van der Waals surface area contributed by atoms with E-state index in [-0.39, 0.29) is 11.4 Å². The lowest BCUT2D eigenvalue weighted by Gasteiger charge is -2.20. The predicted molar refractivity (Wildman–Crippen MR) is 72.2 cm³/mol. The van der Waals surface area contributed by atoms with Crippen LogP contribution in [-0.4, -0.2) is 28.0 Å². The van der Waals surface area contributed by atoms with Gasteiger partial charge in [0.25, 0.3) is 0 Å². The fourth-order valence-electron chi connectivity index (χ4n) is 1.47. The highest BCUT2D eigenvalue weighted by Gasteiger charge is 2.13. The highest BCUT2D eigenvalue weighted by molar-refractivity contribution is 5.77. The second-order valence-electron chi connectivity index (χ2n) is 5.20. The normalized spacial score (nSPS) is 11.1. The molecular formula is C12H21N5O. The number of carbonyl (C=O) groups excluding carboxylic acids is 1. The smallest absolute Gasteiger partial charge is 0.222 e. The van der Waals surface area contributed by atoms with Gasteiger partial charge in [-0.25, -0.2) is 9.97 Å². The number of hydrogen-bond acceptors (Lipinski definition) is 5. The van der Waals surface area contributed by atoms with Crippen molar-refractivity contribution in [2.45, 2.75) is 39.7 Å². The Bertz CT molecular complexity index is 405. The molecule has 0 aromatic carbocycles. The van der Waals surface area contributed by atoms with Gasteiger partial charge in [0.15, 0.2) is 0 Å². The molecule has 1 heterocycles. The lowest BCUT2D eigenvalue weighted by Crippen LogP contribution is -2.41. The van der Waals surface area contributed by atoms with Crippen LogP contribution in [0.5, 0.6) is 0 Å². The molecular weight excluding hydrogens is 230 g/mol. The Labute approximate surface area is 107 Å². The maximum Gasteiger partial charge on any atom is 0.222 e. The minimum atomic E-state index is -0.201. The van der Waals surface area contributed by atoms with Crippen LogP contribution in [0.15, 0.2) is 6.07 Å². The zero-order valence-corrected chi connectivity index (χ0v) is 11.4. The van der Waals surface area contributed by atoms with Crippen molar-refractivity contribution in [3.05, 3.63) is 11.9 Å². The zero-order chi connectivity index (χ0) is 13.8. The van der Waals surface area contributed by atoms with E-state index in [4.69, 9.17) is 5.73 Å². The molecule has 0 unspecified atom stereocenters. The Morgan fingerprint density at radius 3 is 2.61 bits per heavy atom. The van der Waals surface area contributed by atoms with E-state index in [0.717, 1.165) is 0 Å². The summed E-state index contributed by atoms with van der Waals surface area (Å²) < 4.78 is 0. The van der Waals surface area contributed by atoms with Crippen LogP contribution in [0.3, 0.4) is 0 Å². The second kappa shape index (κ2) is 5.66. The molecule has 0 saturated carbocycles. The zero-order valence-electron chi connectivity index (χ0n) is 11.4. The first kappa shape index (κ1) is 14.2. The van der Waals surface area contributed by atoms with Crippen molar-refractivity contribution >= 4 is 17.5 Å². The van der Waals surface area contributed by atoms with Crippen LogP contribution in [0.1, 0.15) is 33.0 Å². The lowest BCUT2D eigenvalue weighted by molar-refractivity contribution is -0.122. The number of rotatable bonds is 4. The van der Waals surface area contributed by atoms with E-state index in [0.29, 0.717) is 30.4 Å². The number of nitrogens with zero attached hydrogens (tertiary/aromatic N) is 2. The van der Waals surface area contributed by atoms with Crippen LogP contribution < -0.4 is 16.4 Å². The van der Waals surface area contributed by atoms with Gasteiger partial charge in [-0.2, -0.15) is 0 Å². The molecule has 0 spiro atoms. The summed E-state index contributed by atoms with van der Waals surface area (Å²) in [5.74, 6) is 1.68. The number of amides is 1. The quantitative estimate of drug-likeness (QED) is 0.744. The van der Waals surface area contributed by atoms with Crippen LogP contribution >= 0.6 is 0 Å². The number of anilines is 2. The van der Waals surface area contributed by atoms with Crippen LogP contribution in [-0.2, 0) is 4.79 Å². The molecule has 1 amide bonds. The third-order valence-electron chi connectivity index (χ3n) is 2.03. The van der Waals surface area contributed by atoms with Crippen molar-refractivity contribution in [2.24, 2.45) is 0 Å². The van der Waals surface area contributed by atoms with Crippen molar-refractivity contribution < 1.29 is 4.79 Å². The second-order valence-corrected chi connectivity index (χ2v) is 5.20. The third kappa shape index (κ3) is 5.47. The predicted octanol–water partition coefficient (Wildman–Crippen LogP) is 1.08. The Morgan fingerprint density at radius 1 is 1.39 bits per heavy atom. The molecule has 0 saturated heterocycles. The van der Waals surface area contributed by atoms with Crippen LogP contribution in [0.4, 0.5) is 11.6 Å². The molecule has 0 atom stereocenters. The van der Waals surface area contributed by atoms with Crippen molar-refractivity contribution in [1.82, 2.24) is 15.3 Å². The van der Waals surface area contributed by atoms with Gasteiger partial charge in [-0.1, -0.05) is 0 Å². The molecule has 18 heavy (non-hydrogen) atoms. The van der Waals surface area contributed by atoms with Crippen molar-refractivity contribution in [1.29, 1.82) is 0 Å². The average Bonchev–Trinajstić information content (AvgIpc) is 2.12. The fraction of sp³-hybridized carbons (Fsp3) is 0.583. The van der Waals surface area contributed by atoms with Gasteiger partial charge in [-0.15, -0.1) is 0 Å². The lowest BCUT2D eigenvalue weighted by atomic mass is 10.1. The van der Waals surface area contributed by atoms with E-state index in [1.807, 2.05) is 20.8 Å². The summed E-state index contributed by atoms with van der Waals surface area (Å²) in [6, 6.07) is 1.65. The molecule has 0 aliphatic carbocycles. The number of carbonyl (C=O) groups is 1. The molecule has 0 fully saturated rings. The minimum absolute atomic E-state index is 0.00810. The van der Waals surface area contributed by atoms with Gasteiger partial charge in [0.2, 0.25) is 5.91 Å². The number of aryl methyl sites for hydroxylation is 1. The summed E-state index contributed by atoms with van der Waals surface area (Å²) in [5, 5.41) is 5.94. The summed E-state index contributed by atoms with van der Waals surface area (Å²) in [4.78, 5) is 19.7. The molecule has 1 aromatic heterocycles. The Hall–Kier alpha value is -1.85. The first-order valence-corrected chi connectivity index (χ1v) is 5.92. The number of nitrogen functional groups attached to an aromatic ring is 1. The maximum absolute atomic E-state index is 11.6. The average molecular weight is 251 g/mol. The Balaban J connectivity index is 2.40. The summed E-state index contributed by atoms with van der Waals surface area (Å²) in [6.07, 6.45) is 0.389. The first-order chi connectivity index (χ1) is 8.26. The van der Waals surface area contributed by atoms with E-state index in [9.17, 15) is 4.79 Å². The molecule has 6 heteroatoms. The van der Waals surface area contributed by atoms with Gasteiger partial charge < -0.3 is 16.4 Å². The van der Waals surface area contributed by atoms with Crippen LogP contribution in [0.2, 0.25) is 0 Å². The molecule has 1 rings (SSSR count). The molecule has 0 aliphatic rings. The highest BCUT2D eigenvalue weighted by atomic mass is 16.1. The molecule has 0 bridgehead atoms. The first-order valence-electron chi connectivity index (χ1n) is 5.92. The van der Waals surface area contributed by atoms with Gasteiger partial charge in [-0.05, 0) is 27.7 Å². The van der Waals surface area contributed by atoms with E-state index in [2.05, 4.69) is 20.6 Å². The molecule has 4 N–H and O–H groups in total. The van der Waals surface area contributed by atoms with Gasteiger partial charge in [0.1, 0.15) is 17.5 Å². The third-order valence-corrected chi connectivity index (χ3v) is 2.03. The standard InChI is InChI=1S/C12H21N5O/c1-8-15-9(13)7-10(16-8)14-6-5-11(18)17-12(2,3)4/h7H,5-6H2,1-4H3,(H,17,18)(H3,13,14,15,16). The van der Waals surface area contributed by atoms with Gasteiger partial charge >= 0.3 is 0 Å². The monoisotopic (exact) mass is 251 g/mol. The molecule has 100 valence electrons. The van der Waals surface area contributed by atoms with Crippen LogP contribution in [0.25, 0.3) is 0 Å². The summed E-state index contributed by atoms with van der Waals surface area (Å²) in [7, 11) is 0. The number of aromatic nitrogens is 2. The largest absolute Gasteiger partial charge is 0.384 e. The number of nitrogens with two attached hydrogens (primary N) is 1. The molecule has 0 radical (unpaired) electrons. The molecule has 1 aromatic rings. The minimum Gasteiger partial charge on any atom is -0.384 e. The van der Waals surface area contributed by atoms with Crippen molar-refractivity contribution in [3.8, 4) is 0 Å². The van der Waals surface area contributed by atoms with E-state index in [1.54, 1.807) is 13.0 Å². The van der Waals surface area contributed by atoms with E-state index >= 15 is 0 Å². The van der Waals surface area contributed by atoms with Gasteiger partial charge in [0, 0.05) is 24.6 Å². The SMILES string of the molecule is Cc1nc(N)cc(NCCC(=O)NC(C)(C)C)n1. The number of hydrogen-bond donors (Lipinski definition) is 3. The highest BCUT2D eigenvalue weighted by Crippen LogP contribution is 2.07. The van der Waals surface area contributed by atoms with E-state index in [1.165, 1.54) is 0 Å². The Morgan fingerprint density at radius 2 is 2.06 bits per heavy atom. The molecule has 6 nitrogen and oxygen atoms in total. The van der Waals surface area contributed by atoms with E-state index < -0.39 is 0 Å².